The van der Waals surface area contributed by atoms with Crippen molar-refractivity contribution in [3.63, 3.8) is 0 Å². The van der Waals surface area contributed by atoms with E-state index >= 15 is 0 Å². The Balaban J connectivity index is 0. The molecule has 0 spiro atoms. The van der Waals surface area contributed by atoms with Crippen molar-refractivity contribution in [2.45, 2.75) is 116 Å². The van der Waals surface area contributed by atoms with Gasteiger partial charge in [0.25, 0.3) is 0 Å². The molecule has 0 aromatic carbocycles. The van der Waals surface area contributed by atoms with Crippen molar-refractivity contribution in [2.75, 3.05) is 5.75 Å². The van der Waals surface area contributed by atoms with E-state index in [2.05, 4.69) is 6.92 Å². The van der Waals surface area contributed by atoms with E-state index in [-0.39, 0.29) is 63.2 Å². The van der Waals surface area contributed by atoms with Gasteiger partial charge in [0.2, 0.25) is 0 Å². The Bertz CT molecular complexity index is 360. The van der Waals surface area contributed by atoms with Crippen molar-refractivity contribution < 1.29 is 69.5 Å². The van der Waals surface area contributed by atoms with Crippen molar-refractivity contribution in [3.05, 3.63) is 0 Å². The topological polar surface area (TPSA) is 77.4 Å². The second-order valence-electron chi connectivity index (χ2n) is 7.09. The average molecular weight is 403 g/mol. The van der Waals surface area contributed by atoms with Crippen LogP contribution in [0.3, 0.4) is 0 Å². The van der Waals surface area contributed by atoms with Crippen molar-refractivity contribution in [3.8, 4) is 0 Å². The summed E-state index contributed by atoms with van der Waals surface area (Å²) < 4.78 is 31.3. The predicted molar refractivity (Wildman–Crippen MR) is 100 cm³/mol. The van der Waals surface area contributed by atoms with Gasteiger partial charge in [-0.15, -0.1) is 0 Å². The molecule has 25 heavy (non-hydrogen) atoms. The molecule has 0 saturated heterocycles. The second-order valence-corrected chi connectivity index (χ2v) is 8.61. The molecular weight excluding hydrogens is 363 g/mol. The molecule has 0 aromatic rings. The molecule has 0 aliphatic heterocycles. The SMILES string of the molecule is CCCCCCCCCC(O)CCCCCCCCCS(=O)(=O)[O-].[K+]. The third-order valence-corrected chi connectivity index (χ3v) is 5.36. The zero-order valence-electron chi connectivity index (χ0n) is 16.7. The largest absolute Gasteiger partial charge is 1.00 e. The summed E-state index contributed by atoms with van der Waals surface area (Å²) in [5.41, 5.74) is 0. The summed E-state index contributed by atoms with van der Waals surface area (Å²) in [5, 5.41) is 9.95. The molecule has 0 heterocycles. The normalized spacial score (nSPS) is 12.8. The summed E-state index contributed by atoms with van der Waals surface area (Å²) in [7, 11) is -4.03. The van der Waals surface area contributed by atoms with E-state index in [1.807, 2.05) is 0 Å². The van der Waals surface area contributed by atoms with Crippen LogP contribution in [0.1, 0.15) is 110 Å². The summed E-state index contributed by atoms with van der Waals surface area (Å²) in [6.45, 7) is 2.23. The van der Waals surface area contributed by atoms with Crippen LogP contribution in [0.5, 0.6) is 0 Å². The summed E-state index contributed by atoms with van der Waals surface area (Å²) in [4.78, 5) is 0. The Morgan fingerprint density at radius 2 is 1.08 bits per heavy atom. The van der Waals surface area contributed by atoms with Gasteiger partial charge in [0.05, 0.1) is 16.2 Å². The fourth-order valence-electron chi connectivity index (χ4n) is 3.02. The van der Waals surface area contributed by atoms with Crippen LogP contribution in [0, 0.1) is 0 Å². The molecule has 146 valence electrons. The summed E-state index contributed by atoms with van der Waals surface area (Å²) >= 11 is 0. The van der Waals surface area contributed by atoms with E-state index < -0.39 is 10.1 Å². The molecule has 0 amide bonds. The van der Waals surface area contributed by atoms with Crippen molar-refractivity contribution in [1.82, 2.24) is 0 Å². The number of aliphatic hydroxyl groups excluding tert-OH is 1. The van der Waals surface area contributed by atoms with Gasteiger partial charge >= 0.3 is 51.4 Å². The summed E-state index contributed by atoms with van der Waals surface area (Å²) in [6, 6.07) is 0. The first-order valence-corrected chi connectivity index (χ1v) is 11.6. The molecule has 0 aliphatic rings. The monoisotopic (exact) mass is 402 g/mol. The zero-order valence-corrected chi connectivity index (χ0v) is 20.6. The third-order valence-electron chi connectivity index (χ3n) is 4.57. The maximum Gasteiger partial charge on any atom is 1.00 e. The second kappa shape index (κ2) is 20.2. The molecular formula is C19H39KO4S. The zero-order chi connectivity index (χ0) is 18.1. The van der Waals surface area contributed by atoms with Crippen molar-refractivity contribution in [1.29, 1.82) is 0 Å². The maximum atomic E-state index is 10.4. The smallest absolute Gasteiger partial charge is 0.748 e. The first-order valence-electron chi connectivity index (χ1n) is 10.1. The summed E-state index contributed by atoms with van der Waals surface area (Å²) in [6.07, 6.45) is 17.5. The molecule has 0 radical (unpaired) electrons. The molecule has 0 aromatic heterocycles. The molecule has 0 rings (SSSR count). The van der Waals surface area contributed by atoms with Crippen LogP contribution in [0.4, 0.5) is 0 Å². The van der Waals surface area contributed by atoms with Crippen LogP contribution in [-0.2, 0) is 10.1 Å². The van der Waals surface area contributed by atoms with E-state index in [0.717, 1.165) is 57.8 Å². The minimum atomic E-state index is -4.03. The van der Waals surface area contributed by atoms with Gasteiger partial charge < -0.3 is 9.66 Å². The van der Waals surface area contributed by atoms with Crippen LogP contribution in [0.25, 0.3) is 0 Å². The van der Waals surface area contributed by atoms with E-state index in [9.17, 15) is 18.1 Å². The van der Waals surface area contributed by atoms with Gasteiger partial charge in [0.1, 0.15) is 0 Å². The van der Waals surface area contributed by atoms with Gasteiger partial charge in [-0.05, 0) is 19.3 Å². The van der Waals surface area contributed by atoms with Gasteiger partial charge in [0, 0.05) is 5.75 Å². The van der Waals surface area contributed by atoms with Crippen molar-refractivity contribution >= 4 is 10.1 Å². The number of aliphatic hydroxyl groups is 1. The van der Waals surface area contributed by atoms with Crippen LogP contribution in [-0.4, -0.2) is 29.9 Å². The molecule has 1 atom stereocenters. The minimum Gasteiger partial charge on any atom is -0.748 e. The third kappa shape index (κ3) is 25.5. The van der Waals surface area contributed by atoms with Gasteiger partial charge in [-0.2, -0.15) is 0 Å². The minimum absolute atomic E-state index is 0. The average Bonchev–Trinajstić information content (AvgIpc) is 2.51. The molecule has 6 heteroatoms. The number of unbranched alkanes of at least 4 members (excludes halogenated alkanes) is 12. The number of hydrogen-bond donors (Lipinski definition) is 1. The molecule has 0 fully saturated rings. The Kier molecular flexibility index (Phi) is 23.3. The molecule has 0 aliphatic carbocycles. The van der Waals surface area contributed by atoms with E-state index in [1.54, 1.807) is 0 Å². The Morgan fingerprint density at radius 3 is 1.48 bits per heavy atom. The summed E-state index contributed by atoms with van der Waals surface area (Å²) in [5.74, 6) is -0.224. The van der Waals surface area contributed by atoms with Crippen LogP contribution >= 0.6 is 0 Å². The Labute approximate surface area is 199 Å². The molecule has 4 nitrogen and oxygen atoms in total. The van der Waals surface area contributed by atoms with Gasteiger partial charge in [-0.1, -0.05) is 90.4 Å². The first kappa shape index (κ1) is 28.7. The fraction of sp³-hybridized carbons (Fsp3) is 1.00. The standard InChI is InChI=1S/C19H40O4S.K/c1-2-3-4-5-7-10-13-16-19(20)17-14-11-8-6-9-12-15-18-24(21,22)23;/h19-20H,2-18H2,1H3,(H,21,22,23);/q;+1/p-1. The quantitative estimate of drug-likeness (QED) is 0.216. The van der Waals surface area contributed by atoms with E-state index in [1.165, 1.54) is 38.5 Å². The molecule has 1 unspecified atom stereocenters. The maximum absolute atomic E-state index is 10.4. The molecule has 1 N–H and O–H groups in total. The van der Waals surface area contributed by atoms with E-state index in [4.69, 9.17) is 0 Å². The van der Waals surface area contributed by atoms with Crippen molar-refractivity contribution in [2.24, 2.45) is 0 Å². The van der Waals surface area contributed by atoms with Gasteiger partial charge in [-0.3, -0.25) is 0 Å². The van der Waals surface area contributed by atoms with Crippen LogP contribution in [0.2, 0.25) is 0 Å². The Hall–Kier alpha value is 1.51. The van der Waals surface area contributed by atoms with Gasteiger partial charge in [-0.25, -0.2) is 8.42 Å². The van der Waals surface area contributed by atoms with E-state index in [0.29, 0.717) is 6.42 Å². The Morgan fingerprint density at radius 1 is 0.720 bits per heavy atom. The van der Waals surface area contributed by atoms with Gasteiger partial charge in [0.15, 0.2) is 0 Å². The van der Waals surface area contributed by atoms with Crippen LogP contribution < -0.4 is 51.4 Å². The first-order chi connectivity index (χ1) is 11.5. The van der Waals surface area contributed by atoms with Crippen LogP contribution in [0.15, 0.2) is 0 Å². The molecule has 0 bridgehead atoms. The number of hydrogen-bond acceptors (Lipinski definition) is 4. The fourth-order valence-corrected chi connectivity index (χ4v) is 3.58. The number of rotatable bonds is 18. The predicted octanol–water partition coefficient (Wildman–Crippen LogP) is 2.16. The molecule has 0 saturated carbocycles.